The maximum Gasteiger partial charge on any atom is 0.248 e. The van der Waals surface area contributed by atoms with Crippen LogP contribution >= 0.6 is 11.6 Å². The Balaban J connectivity index is 1.51. The predicted molar refractivity (Wildman–Crippen MR) is 179 cm³/mol. The Labute approximate surface area is 291 Å². The number of fused-ring (bicyclic) bond motifs is 1. The minimum atomic E-state index is -2.12. The standard InChI is InChI=1S/C35H34ClN3O11/c1-16-11-22(41)28(32(44)35(16)33(45)29-24(48-3)14-25(49-4)30(36)31(29)50-35)20(18-7-10-21(40)23(12-18)47-2)13-26(42)38-15-27(43)39-19-8-5-17(6-9-19)34(37)46/h5-10,12,14,16,20,40,44H,11,13,15H2,1-4H3,(H2,37,46)(H,38,42)(H,39,43). The van der Waals surface area contributed by atoms with E-state index in [-0.39, 0.29) is 62.5 Å². The number of anilines is 1. The first-order chi connectivity index (χ1) is 23.8. The first-order valence-electron chi connectivity index (χ1n) is 15.3. The number of carbonyl (C=O) groups excluding carboxylic acids is 5. The van der Waals surface area contributed by atoms with Crippen molar-refractivity contribution in [2.45, 2.75) is 31.3 Å². The first kappa shape index (κ1) is 35.5. The van der Waals surface area contributed by atoms with E-state index in [1.807, 2.05) is 0 Å². The molecule has 0 saturated carbocycles. The van der Waals surface area contributed by atoms with Crippen molar-refractivity contribution in [1.82, 2.24) is 5.32 Å². The molecule has 3 amide bonds. The van der Waals surface area contributed by atoms with Crippen molar-refractivity contribution in [3.8, 4) is 28.7 Å². The molecule has 0 aromatic heterocycles. The van der Waals surface area contributed by atoms with Crippen molar-refractivity contribution in [3.63, 3.8) is 0 Å². The molecular weight excluding hydrogens is 674 g/mol. The van der Waals surface area contributed by atoms with Crippen LogP contribution in [0.25, 0.3) is 0 Å². The van der Waals surface area contributed by atoms with Crippen LogP contribution < -0.4 is 35.3 Å². The van der Waals surface area contributed by atoms with Gasteiger partial charge in [0, 0.05) is 47.6 Å². The molecule has 1 heterocycles. The van der Waals surface area contributed by atoms with E-state index in [1.54, 1.807) is 6.92 Å². The number of hydrogen-bond acceptors (Lipinski definition) is 11. The normalized spacial score (nSPS) is 18.6. The Hall–Kier alpha value is -5.76. The number of aliphatic hydroxyl groups excluding tert-OH is 1. The highest BCUT2D eigenvalue weighted by atomic mass is 35.5. The number of ketones is 2. The van der Waals surface area contributed by atoms with Crippen LogP contribution in [-0.4, -0.2) is 73.0 Å². The topological polar surface area (TPSA) is 213 Å². The summed E-state index contributed by atoms with van der Waals surface area (Å²) in [5.74, 6) is -6.11. The van der Waals surface area contributed by atoms with Gasteiger partial charge in [0.1, 0.15) is 22.1 Å². The van der Waals surface area contributed by atoms with Gasteiger partial charge in [-0.15, -0.1) is 0 Å². The SMILES string of the molecule is COc1cc(C(CC(=O)NCC(=O)Nc2ccc(C(N)=O)cc2)C2=C(O)C3(Oc4c(Cl)c(OC)cc(OC)c4C3=O)C(C)CC2=O)ccc1O. The number of carbonyl (C=O) groups is 5. The zero-order valence-corrected chi connectivity index (χ0v) is 28.2. The third-order valence-corrected chi connectivity index (χ3v) is 9.11. The number of benzene rings is 3. The summed E-state index contributed by atoms with van der Waals surface area (Å²) in [6.07, 6.45) is -0.746. The minimum absolute atomic E-state index is 0.0188. The smallest absolute Gasteiger partial charge is 0.248 e. The molecule has 1 spiro atoms. The van der Waals surface area contributed by atoms with Crippen molar-refractivity contribution in [2.24, 2.45) is 11.7 Å². The molecule has 14 nitrogen and oxygen atoms in total. The fourth-order valence-electron chi connectivity index (χ4n) is 6.20. The van der Waals surface area contributed by atoms with Crippen LogP contribution in [-0.2, 0) is 14.4 Å². The number of rotatable bonds is 11. The number of nitrogens with one attached hydrogen (secondary N) is 2. The second-order valence-corrected chi connectivity index (χ2v) is 12.1. The second-order valence-electron chi connectivity index (χ2n) is 11.7. The van der Waals surface area contributed by atoms with E-state index in [0.717, 1.165) is 0 Å². The maximum absolute atomic E-state index is 14.3. The Morgan fingerprint density at radius 3 is 2.26 bits per heavy atom. The molecule has 15 heteroatoms. The first-order valence-corrected chi connectivity index (χ1v) is 15.6. The van der Waals surface area contributed by atoms with Crippen LogP contribution in [0, 0.1) is 5.92 Å². The summed E-state index contributed by atoms with van der Waals surface area (Å²) in [7, 11) is 4.02. The number of aromatic hydroxyl groups is 1. The van der Waals surface area contributed by atoms with E-state index in [0.29, 0.717) is 5.69 Å². The second kappa shape index (κ2) is 14.0. The molecule has 3 unspecified atom stereocenters. The molecule has 0 saturated heterocycles. The minimum Gasteiger partial charge on any atom is -0.507 e. The zero-order valence-electron chi connectivity index (χ0n) is 27.4. The number of primary amides is 1. The number of aliphatic hydroxyl groups is 1. The maximum atomic E-state index is 14.3. The fraction of sp³-hybridized carbons (Fsp3) is 0.286. The van der Waals surface area contributed by atoms with Gasteiger partial charge in [-0.05, 0) is 42.0 Å². The average molecular weight is 708 g/mol. The van der Waals surface area contributed by atoms with Crippen LogP contribution in [0.3, 0.4) is 0 Å². The van der Waals surface area contributed by atoms with Gasteiger partial charge < -0.3 is 45.5 Å². The number of phenols is 1. The monoisotopic (exact) mass is 707 g/mol. The van der Waals surface area contributed by atoms with E-state index in [9.17, 15) is 34.2 Å². The number of hydrogen-bond donors (Lipinski definition) is 5. The quantitative estimate of drug-likeness (QED) is 0.193. The van der Waals surface area contributed by atoms with Crippen molar-refractivity contribution in [2.75, 3.05) is 33.2 Å². The third kappa shape index (κ3) is 6.25. The number of amides is 3. The van der Waals surface area contributed by atoms with Gasteiger partial charge in [0.15, 0.2) is 28.8 Å². The van der Waals surface area contributed by atoms with E-state index >= 15 is 0 Å². The highest BCUT2D eigenvalue weighted by Gasteiger charge is 2.61. The molecule has 262 valence electrons. The predicted octanol–water partition coefficient (Wildman–Crippen LogP) is 3.83. The summed E-state index contributed by atoms with van der Waals surface area (Å²) in [5, 5.41) is 27.4. The lowest BCUT2D eigenvalue weighted by Crippen LogP contribution is -2.53. The summed E-state index contributed by atoms with van der Waals surface area (Å²) in [4.78, 5) is 65.5. The van der Waals surface area contributed by atoms with Crippen molar-refractivity contribution < 1.29 is 53.1 Å². The Morgan fingerprint density at radius 1 is 0.980 bits per heavy atom. The molecule has 50 heavy (non-hydrogen) atoms. The highest BCUT2D eigenvalue weighted by molar-refractivity contribution is 6.35. The van der Waals surface area contributed by atoms with Crippen LogP contribution in [0.5, 0.6) is 28.7 Å². The average Bonchev–Trinajstić information content (AvgIpc) is 3.41. The van der Waals surface area contributed by atoms with Gasteiger partial charge in [-0.1, -0.05) is 24.6 Å². The van der Waals surface area contributed by atoms with Gasteiger partial charge in [0.2, 0.25) is 29.1 Å². The summed E-state index contributed by atoms with van der Waals surface area (Å²) in [6, 6.07) is 11.3. The van der Waals surface area contributed by atoms with Crippen LogP contribution in [0.1, 0.15) is 52.0 Å². The Morgan fingerprint density at radius 2 is 1.64 bits per heavy atom. The van der Waals surface area contributed by atoms with Crippen LogP contribution in [0.4, 0.5) is 5.69 Å². The van der Waals surface area contributed by atoms with E-state index in [2.05, 4.69) is 10.6 Å². The molecule has 0 bridgehead atoms. The highest BCUT2D eigenvalue weighted by Crippen LogP contribution is 2.56. The molecular formula is C35H34ClN3O11. The van der Waals surface area contributed by atoms with Gasteiger partial charge in [-0.3, -0.25) is 24.0 Å². The fourth-order valence-corrected chi connectivity index (χ4v) is 6.46. The third-order valence-electron chi connectivity index (χ3n) is 8.75. The van der Waals surface area contributed by atoms with Crippen LogP contribution in [0.15, 0.2) is 59.9 Å². The van der Waals surface area contributed by atoms with Crippen molar-refractivity contribution >= 4 is 46.6 Å². The lowest BCUT2D eigenvalue weighted by molar-refractivity contribution is -0.124. The molecule has 0 radical (unpaired) electrons. The number of nitrogens with two attached hydrogens (primary N) is 1. The van der Waals surface area contributed by atoms with Gasteiger partial charge >= 0.3 is 0 Å². The summed E-state index contributed by atoms with van der Waals surface area (Å²) >= 11 is 6.55. The molecule has 6 N–H and O–H groups in total. The number of halogens is 1. The molecule has 3 aromatic rings. The number of Topliss-reactive ketones (excluding diaryl/α,β-unsaturated/α-hetero) is 2. The molecule has 5 rings (SSSR count). The summed E-state index contributed by atoms with van der Waals surface area (Å²) in [6.45, 7) is 1.09. The van der Waals surface area contributed by atoms with E-state index in [4.69, 9.17) is 36.3 Å². The van der Waals surface area contributed by atoms with Gasteiger partial charge in [-0.25, -0.2) is 0 Å². The summed E-state index contributed by atoms with van der Waals surface area (Å²) < 4.78 is 22.2. The van der Waals surface area contributed by atoms with Gasteiger partial charge in [-0.2, -0.15) is 0 Å². The number of allylic oxidation sites excluding steroid dienone is 1. The van der Waals surface area contributed by atoms with E-state index in [1.165, 1.54) is 69.9 Å². The van der Waals surface area contributed by atoms with Gasteiger partial charge in [0.05, 0.1) is 27.9 Å². The van der Waals surface area contributed by atoms with E-state index < -0.39 is 65.4 Å². The van der Waals surface area contributed by atoms with Crippen LogP contribution in [0.2, 0.25) is 5.02 Å². The molecule has 3 aromatic carbocycles. The number of ether oxygens (including phenoxy) is 4. The largest absolute Gasteiger partial charge is 0.507 e. The zero-order chi connectivity index (χ0) is 36.5. The lowest BCUT2D eigenvalue weighted by Gasteiger charge is -2.38. The number of phenolic OH excluding ortho intramolecular Hbond substituents is 1. The Kier molecular flexibility index (Phi) is 9.95. The molecule has 2 aliphatic rings. The van der Waals surface area contributed by atoms with Crippen molar-refractivity contribution in [1.29, 1.82) is 0 Å². The lowest BCUT2D eigenvalue weighted by atomic mass is 9.69. The molecule has 1 aliphatic carbocycles. The Bertz CT molecular complexity index is 1940. The summed E-state index contributed by atoms with van der Waals surface area (Å²) in [5.41, 5.74) is 3.66. The number of methoxy groups -OCH3 is 3. The molecule has 3 atom stereocenters. The molecule has 0 fully saturated rings. The van der Waals surface area contributed by atoms with Crippen molar-refractivity contribution in [3.05, 3.63) is 81.6 Å². The van der Waals surface area contributed by atoms with Gasteiger partial charge in [0.25, 0.3) is 0 Å². The molecule has 1 aliphatic heterocycles.